The molecular weight excluding hydrogens is 280 g/mol. The third kappa shape index (κ3) is 2.63. The molecule has 0 atom stereocenters. The Balaban J connectivity index is 2.38. The molecule has 0 fully saturated rings. The van der Waals surface area contributed by atoms with E-state index in [2.05, 4.69) is 5.16 Å². The van der Waals surface area contributed by atoms with Crippen LogP contribution >= 0.6 is 11.6 Å². The first-order chi connectivity index (χ1) is 9.41. The van der Waals surface area contributed by atoms with E-state index in [4.69, 9.17) is 16.1 Å². The Morgan fingerprint density at radius 2 is 2.15 bits per heavy atom. The average molecular weight is 295 g/mol. The van der Waals surface area contributed by atoms with E-state index in [9.17, 15) is 9.90 Å². The van der Waals surface area contributed by atoms with Gasteiger partial charge in [-0.05, 0) is 26.0 Å². The van der Waals surface area contributed by atoms with E-state index in [1.807, 2.05) is 25.8 Å². The summed E-state index contributed by atoms with van der Waals surface area (Å²) in [6, 6.07) is 4.86. The molecule has 6 heteroatoms. The molecule has 0 amide bonds. The van der Waals surface area contributed by atoms with Gasteiger partial charge < -0.3 is 14.5 Å². The molecule has 2 rings (SSSR count). The number of hydrogen-bond donors (Lipinski definition) is 1. The monoisotopic (exact) mass is 294 g/mol. The van der Waals surface area contributed by atoms with Gasteiger partial charge in [0.15, 0.2) is 5.76 Å². The summed E-state index contributed by atoms with van der Waals surface area (Å²) in [4.78, 5) is 13.2. The fourth-order valence-electron chi connectivity index (χ4n) is 2.26. The molecule has 0 aliphatic rings. The third-order valence-electron chi connectivity index (χ3n) is 3.12. The number of nitrogens with zero attached hydrogens (tertiary/aromatic N) is 2. The third-order valence-corrected chi connectivity index (χ3v) is 3.48. The van der Waals surface area contributed by atoms with Crippen molar-refractivity contribution in [1.82, 2.24) is 5.16 Å². The first kappa shape index (κ1) is 14.4. The normalized spacial score (nSPS) is 10.6. The minimum absolute atomic E-state index is 0.205. The maximum Gasteiger partial charge on any atom is 0.336 e. The van der Waals surface area contributed by atoms with Gasteiger partial charge in [0.25, 0.3) is 0 Å². The molecular formula is C14H15ClN2O3. The number of carboxylic acids is 1. The maximum absolute atomic E-state index is 11.3. The number of rotatable bonds is 4. The van der Waals surface area contributed by atoms with Crippen LogP contribution in [0.4, 0.5) is 5.69 Å². The topological polar surface area (TPSA) is 66.6 Å². The summed E-state index contributed by atoms with van der Waals surface area (Å²) in [5.41, 5.74) is 2.38. The predicted octanol–water partition coefficient (Wildman–Crippen LogP) is 3.28. The molecule has 1 aromatic heterocycles. The molecule has 1 aromatic carbocycles. The number of carboxylic acid groups (broad SMARTS) is 1. The van der Waals surface area contributed by atoms with Gasteiger partial charge in [0.1, 0.15) is 11.4 Å². The van der Waals surface area contributed by atoms with Gasteiger partial charge in [-0.2, -0.15) is 0 Å². The fourth-order valence-corrected chi connectivity index (χ4v) is 2.49. The van der Waals surface area contributed by atoms with Crippen molar-refractivity contribution in [2.75, 3.05) is 11.9 Å². The number of benzene rings is 1. The molecule has 0 spiro atoms. The van der Waals surface area contributed by atoms with Crippen LogP contribution in [0.1, 0.15) is 27.4 Å². The lowest BCUT2D eigenvalue weighted by atomic mass is 10.1. The van der Waals surface area contributed by atoms with Crippen LogP contribution in [0.2, 0.25) is 5.02 Å². The highest BCUT2D eigenvalue weighted by molar-refractivity contribution is 6.31. The fraction of sp³-hybridized carbons (Fsp3) is 0.286. The lowest BCUT2D eigenvalue weighted by Crippen LogP contribution is -2.20. The van der Waals surface area contributed by atoms with Crippen LogP contribution in [0.25, 0.3) is 0 Å². The highest BCUT2D eigenvalue weighted by Gasteiger charge is 2.18. The van der Waals surface area contributed by atoms with Crippen molar-refractivity contribution >= 4 is 23.3 Å². The zero-order valence-corrected chi connectivity index (χ0v) is 12.2. The van der Waals surface area contributed by atoms with E-state index in [0.717, 1.165) is 11.4 Å². The SMILES string of the molecule is Cc1noc(C)c1N(C)Cc1c(Cl)cccc1C(=O)O. The Hall–Kier alpha value is -2.01. The average Bonchev–Trinajstić information content (AvgIpc) is 2.71. The molecule has 20 heavy (non-hydrogen) atoms. The van der Waals surface area contributed by atoms with Crippen LogP contribution in [0.5, 0.6) is 0 Å². The van der Waals surface area contributed by atoms with Crippen molar-refractivity contribution < 1.29 is 14.4 Å². The van der Waals surface area contributed by atoms with Crippen molar-refractivity contribution in [3.63, 3.8) is 0 Å². The minimum atomic E-state index is -0.991. The second-order valence-electron chi connectivity index (χ2n) is 4.60. The lowest BCUT2D eigenvalue weighted by molar-refractivity contribution is 0.0695. The highest BCUT2D eigenvalue weighted by Crippen LogP contribution is 2.28. The Morgan fingerprint density at radius 1 is 1.45 bits per heavy atom. The summed E-state index contributed by atoms with van der Waals surface area (Å²) in [6.45, 7) is 4.02. The van der Waals surface area contributed by atoms with Gasteiger partial charge in [0, 0.05) is 24.2 Å². The summed E-state index contributed by atoms with van der Waals surface area (Å²) < 4.78 is 5.12. The minimum Gasteiger partial charge on any atom is -0.478 e. The quantitative estimate of drug-likeness (QED) is 0.937. The van der Waals surface area contributed by atoms with E-state index < -0.39 is 5.97 Å². The summed E-state index contributed by atoms with van der Waals surface area (Å²) in [6.07, 6.45) is 0. The Labute approximate surface area is 121 Å². The molecule has 0 aliphatic carbocycles. The number of aryl methyl sites for hydroxylation is 2. The molecule has 2 aromatic rings. The number of halogens is 1. The summed E-state index contributed by atoms with van der Waals surface area (Å²) >= 11 is 6.13. The van der Waals surface area contributed by atoms with E-state index in [0.29, 0.717) is 22.9 Å². The van der Waals surface area contributed by atoms with E-state index in [1.165, 1.54) is 0 Å². The smallest absolute Gasteiger partial charge is 0.336 e. The molecule has 106 valence electrons. The van der Waals surface area contributed by atoms with Crippen molar-refractivity contribution in [3.8, 4) is 0 Å². The van der Waals surface area contributed by atoms with Crippen LogP contribution in [0.15, 0.2) is 22.7 Å². The van der Waals surface area contributed by atoms with Gasteiger partial charge in [-0.3, -0.25) is 0 Å². The highest BCUT2D eigenvalue weighted by atomic mass is 35.5. The van der Waals surface area contributed by atoms with E-state index in [-0.39, 0.29) is 5.56 Å². The second kappa shape index (κ2) is 5.54. The van der Waals surface area contributed by atoms with Gasteiger partial charge in [0.2, 0.25) is 0 Å². The van der Waals surface area contributed by atoms with Crippen LogP contribution in [0.3, 0.4) is 0 Å². The van der Waals surface area contributed by atoms with Gasteiger partial charge in [0.05, 0.1) is 5.56 Å². The maximum atomic E-state index is 11.3. The van der Waals surface area contributed by atoms with Crippen LogP contribution in [-0.2, 0) is 6.54 Å². The zero-order valence-electron chi connectivity index (χ0n) is 11.5. The standard InChI is InChI=1S/C14H15ClN2O3/c1-8-13(9(2)20-16-8)17(3)7-11-10(14(18)19)5-4-6-12(11)15/h4-6H,7H2,1-3H3,(H,18,19). The summed E-state index contributed by atoms with van der Waals surface area (Å²) in [5, 5.41) is 13.6. The second-order valence-corrected chi connectivity index (χ2v) is 5.01. The Bertz CT molecular complexity index is 632. The number of carbonyl (C=O) groups is 1. The molecule has 0 saturated carbocycles. The molecule has 0 saturated heterocycles. The summed E-state index contributed by atoms with van der Waals surface area (Å²) in [7, 11) is 1.85. The van der Waals surface area contributed by atoms with Gasteiger partial charge in [-0.15, -0.1) is 0 Å². The predicted molar refractivity (Wildman–Crippen MR) is 76.5 cm³/mol. The molecule has 1 N–H and O–H groups in total. The van der Waals surface area contributed by atoms with Crippen molar-refractivity contribution in [3.05, 3.63) is 45.8 Å². The molecule has 0 radical (unpaired) electrons. The molecule has 0 unspecified atom stereocenters. The van der Waals surface area contributed by atoms with E-state index in [1.54, 1.807) is 18.2 Å². The Morgan fingerprint density at radius 3 is 2.70 bits per heavy atom. The van der Waals surface area contributed by atoms with Crippen LogP contribution in [0, 0.1) is 13.8 Å². The van der Waals surface area contributed by atoms with Crippen molar-refractivity contribution in [2.45, 2.75) is 20.4 Å². The molecule has 0 aliphatic heterocycles. The van der Waals surface area contributed by atoms with Gasteiger partial charge in [-0.25, -0.2) is 4.79 Å². The number of aromatic carboxylic acids is 1. The number of anilines is 1. The Kier molecular flexibility index (Phi) is 3.99. The summed E-state index contributed by atoms with van der Waals surface area (Å²) in [5.74, 6) is -0.302. The van der Waals surface area contributed by atoms with Crippen molar-refractivity contribution in [2.24, 2.45) is 0 Å². The van der Waals surface area contributed by atoms with Crippen molar-refractivity contribution in [1.29, 1.82) is 0 Å². The number of hydrogen-bond acceptors (Lipinski definition) is 4. The molecule has 1 heterocycles. The number of aromatic nitrogens is 1. The van der Waals surface area contributed by atoms with E-state index >= 15 is 0 Å². The van der Waals surface area contributed by atoms with Crippen LogP contribution < -0.4 is 4.90 Å². The largest absolute Gasteiger partial charge is 0.478 e. The van der Waals surface area contributed by atoms with Gasteiger partial charge in [-0.1, -0.05) is 22.8 Å². The molecule has 0 bridgehead atoms. The first-order valence-corrected chi connectivity index (χ1v) is 6.44. The van der Waals surface area contributed by atoms with Gasteiger partial charge >= 0.3 is 5.97 Å². The molecule has 5 nitrogen and oxygen atoms in total. The zero-order chi connectivity index (χ0) is 14.9. The lowest BCUT2D eigenvalue weighted by Gasteiger charge is -2.20. The first-order valence-electron chi connectivity index (χ1n) is 6.06. The van der Waals surface area contributed by atoms with Crippen LogP contribution in [-0.4, -0.2) is 23.3 Å².